The zero-order chi connectivity index (χ0) is 16.4. The molecule has 0 radical (unpaired) electrons. The summed E-state index contributed by atoms with van der Waals surface area (Å²) in [6.45, 7) is -0.0219. The van der Waals surface area contributed by atoms with Gasteiger partial charge in [-0.05, 0) is 43.0 Å². The van der Waals surface area contributed by atoms with Crippen LogP contribution in [0.25, 0.3) is 0 Å². The smallest absolute Gasteiger partial charge is 0.198 e. The van der Waals surface area contributed by atoms with Crippen LogP contribution in [0.3, 0.4) is 0 Å². The summed E-state index contributed by atoms with van der Waals surface area (Å²) < 4.78 is 31.5. The Morgan fingerprint density at radius 2 is 2.22 bits per heavy atom. The van der Waals surface area contributed by atoms with Gasteiger partial charge < -0.3 is 13.3 Å². The molecule has 0 aliphatic heterocycles. The van der Waals surface area contributed by atoms with Crippen molar-refractivity contribution in [2.75, 3.05) is 6.61 Å². The zero-order valence-electron chi connectivity index (χ0n) is 12.0. The largest absolute Gasteiger partial charge is 0.750 e. The number of hydrogen-bond acceptors (Lipinski definition) is 6. The van der Waals surface area contributed by atoms with Crippen molar-refractivity contribution in [3.8, 4) is 0 Å². The Bertz CT molecular complexity index is 756. The molecule has 0 N–H and O–H groups in total. The lowest BCUT2D eigenvalue weighted by Crippen LogP contribution is -2.09. The predicted molar refractivity (Wildman–Crippen MR) is 84.6 cm³/mol. The van der Waals surface area contributed by atoms with E-state index in [1.807, 2.05) is 0 Å². The quantitative estimate of drug-likeness (QED) is 0.525. The monoisotopic (exact) mass is 398 g/mol. The maximum atomic E-state index is 12.8. The molecular formula is C15H13BrNO5S-. The van der Waals surface area contributed by atoms with Crippen molar-refractivity contribution >= 4 is 33.1 Å². The van der Waals surface area contributed by atoms with Crippen LogP contribution in [0.1, 0.15) is 46.0 Å². The fourth-order valence-corrected chi connectivity index (χ4v) is 3.04. The average Bonchev–Trinajstić information content (AvgIpc) is 3.23. The molecule has 1 saturated carbocycles. The van der Waals surface area contributed by atoms with E-state index in [1.54, 1.807) is 18.2 Å². The number of hydrogen-bond donors (Lipinski definition) is 0. The summed E-state index contributed by atoms with van der Waals surface area (Å²) in [6, 6.07) is 5.27. The van der Waals surface area contributed by atoms with Crippen molar-refractivity contribution < 1.29 is 22.3 Å². The Morgan fingerprint density at radius 3 is 2.91 bits per heavy atom. The Balaban J connectivity index is 1.87. The normalized spacial score (nSPS) is 15.6. The van der Waals surface area contributed by atoms with Gasteiger partial charge in [-0.3, -0.25) is 4.79 Å². The molecule has 0 spiro atoms. The second-order valence-electron chi connectivity index (χ2n) is 5.28. The van der Waals surface area contributed by atoms with Crippen molar-refractivity contribution in [1.29, 1.82) is 0 Å². The average molecular weight is 399 g/mol. The maximum Gasteiger partial charge on any atom is 0.198 e. The summed E-state index contributed by atoms with van der Waals surface area (Å²) in [5, 5.41) is 3.75. The Hall–Kier alpha value is -1.35. The van der Waals surface area contributed by atoms with Crippen LogP contribution in [-0.2, 0) is 22.0 Å². The molecule has 1 atom stereocenters. The van der Waals surface area contributed by atoms with Gasteiger partial charge in [0.15, 0.2) is 11.5 Å². The summed E-state index contributed by atoms with van der Waals surface area (Å²) in [7, 11) is 0. The first-order chi connectivity index (χ1) is 11.1. The molecule has 2 aromatic rings. The van der Waals surface area contributed by atoms with Gasteiger partial charge in [-0.1, -0.05) is 21.1 Å². The second-order valence-corrected chi connectivity index (χ2v) is 6.84. The fourth-order valence-electron chi connectivity index (χ4n) is 2.41. The zero-order valence-corrected chi connectivity index (χ0v) is 14.4. The van der Waals surface area contributed by atoms with E-state index in [2.05, 4.69) is 25.3 Å². The molecule has 0 amide bonds. The van der Waals surface area contributed by atoms with Gasteiger partial charge in [0.2, 0.25) is 0 Å². The van der Waals surface area contributed by atoms with Crippen molar-refractivity contribution in [3.63, 3.8) is 0 Å². The molecule has 8 heteroatoms. The van der Waals surface area contributed by atoms with Crippen LogP contribution in [0, 0.1) is 0 Å². The molecule has 1 fully saturated rings. The van der Waals surface area contributed by atoms with Crippen LogP contribution < -0.4 is 0 Å². The molecule has 0 bridgehead atoms. The van der Waals surface area contributed by atoms with Crippen LogP contribution in [0.15, 0.2) is 33.4 Å². The van der Waals surface area contributed by atoms with Gasteiger partial charge in [0.25, 0.3) is 0 Å². The first-order valence-electron chi connectivity index (χ1n) is 7.06. The van der Waals surface area contributed by atoms with Crippen molar-refractivity contribution in [2.45, 2.75) is 25.2 Å². The van der Waals surface area contributed by atoms with Crippen molar-refractivity contribution in [1.82, 2.24) is 5.16 Å². The minimum Gasteiger partial charge on any atom is -0.750 e. The summed E-state index contributed by atoms with van der Waals surface area (Å²) in [6.07, 6.45) is 3.77. The van der Waals surface area contributed by atoms with Crippen molar-refractivity contribution in [3.05, 3.63) is 51.3 Å². The Morgan fingerprint density at radius 1 is 1.43 bits per heavy atom. The minimum absolute atomic E-state index is 0.0219. The number of benzene rings is 1. The first-order valence-corrected chi connectivity index (χ1v) is 8.86. The lowest BCUT2D eigenvalue weighted by atomic mass is 9.96. The Labute approximate surface area is 143 Å². The minimum atomic E-state index is -2.56. The van der Waals surface area contributed by atoms with E-state index in [1.165, 1.54) is 6.20 Å². The standard InChI is InChI=1S/C15H14BrNO5S/c16-11-3-4-12(10(7-11)5-6-21-23(19)20)14(18)13-8-17-22-15(13)9-1-2-9/h3-4,7-9H,1-2,5-6H2,(H,19,20)/p-1. The molecule has 1 aliphatic carbocycles. The highest BCUT2D eigenvalue weighted by molar-refractivity contribution is 9.10. The van der Waals surface area contributed by atoms with E-state index in [4.69, 9.17) is 4.52 Å². The number of carbonyl (C=O) groups excluding carboxylic acids is 1. The van der Waals surface area contributed by atoms with Gasteiger partial charge in [0, 0.05) is 16.0 Å². The fraction of sp³-hybridized carbons (Fsp3) is 0.333. The van der Waals surface area contributed by atoms with E-state index in [0.29, 0.717) is 28.9 Å². The van der Waals surface area contributed by atoms with Gasteiger partial charge in [-0.25, -0.2) is 4.21 Å². The third-order valence-corrected chi connectivity index (χ3v) is 4.51. The number of halogens is 1. The number of nitrogens with zero attached hydrogens (tertiary/aromatic N) is 1. The van der Waals surface area contributed by atoms with Gasteiger partial charge in [-0.2, -0.15) is 0 Å². The predicted octanol–water partition coefficient (Wildman–Crippen LogP) is 2.90. The highest BCUT2D eigenvalue weighted by Crippen LogP contribution is 2.42. The van der Waals surface area contributed by atoms with Crippen molar-refractivity contribution in [2.24, 2.45) is 0 Å². The molecule has 1 aliphatic rings. The highest BCUT2D eigenvalue weighted by Gasteiger charge is 2.33. The van der Waals surface area contributed by atoms with E-state index >= 15 is 0 Å². The Kier molecular flexibility index (Phi) is 5.05. The number of ketones is 1. The van der Waals surface area contributed by atoms with E-state index < -0.39 is 11.4 Å². The topological polar surface area (TPSA) is 92.5 Å². The van der Waals surface area contributed by atoms with E-state index in [9.17, 15) is 13.6 Å². The van der Waals surface area contributed by atoms with E-state index in [-0.39, 0.29) is 18.3 Å². The first kappa shape index (κ1) is 16.5. The summed E-state index contributed by atoms with van der Waals surface area (Å²) >= 11 is 0.793. The highest BCUT2D eigenvalue weighted by atomic mass is 79.9. The SMILES string of the molecule is O=C(c1ccc(Br)cc1CCOS(=O)[O-])c1cnoc1C1CC1. The molecule has 1 aromatic heterocycles. The molecule has 6 nitrogen and oxygen atoms in total. The van der Waals surface area contributed by atoms with Crippen LogP contribution in [0.5, 0.6) is 0 Å². The van der Waals surface area contributed by atoms with Crippen LogP contribution in [0.4, 0.5) is 0 Å². The lowest BCUT2D eigenvalue weighted by molar-refractivity contribution is 0.103. The molecule has 1 unspecified atom stereocenters. The third kappa shape index (κ3) is 3.95. The third-order valence-electron chi connectivity index (χ3n) is 3.65. The number of rotatable bonds is 7. The molecule has 3 rings (SSSR count). The molecule has 23 heavy (non-hydrogen) atoms. The number of carbonyl (C=O) groups is 1. The molecule has 0 saturated heterocycles. The van der Waals surface area contributed by atoms with Crippen LogP contribution >= 0.6 is 15.9 Å². The van der Waals surface area contributed by atoms with E-state index in [0.717, 1.165) is 17.3 Å². The lowest BCUT2D eigenvalue weighted by Gasteiger charge is -2.10. The van der Waals surface area contributed by atoms with Gasteiger partial charge in [0.1, 0.15) is 0 Å². The summed E-state index contributed by atoms with van der Waals surface area (Å²) in [5.41, 5.74) is 1.68. The molecule has 1 aromatic carbocycles. The van der Waals surface area contributed by atoms with Gasteiger partial charge in [-0.15, -0.1) is 0 Å². The maximum absolute atomic E-state index is 12.8. The second kappa shape index (κ2) is 7.04. The van der Waals surface area contributed by atoms with Crippen LogP contribution in [-0.4, -0.2) is 26.3 Å². The van der Waals surface area contributed by atoms with Gasteiger partial charge in [0.05, 0.1) is 29.7 Å². The van der Waals surface area contributed by atoms with Gasteiger partial charge >= 0.3 is 0 Å². The summed E-state index contributed by atoms with van der Waals surface area (Å²) in [4.78, 5) is 12.8. The number of aromatic nitrogens is 1. The van der Waals surface area contributed by atoms with Crippen LogP contribution in [0.2, 0.25) is 0 Å². The summed E-state index contributed by atoms with van der Waals surface area (Å²) in [5.74, 6) is 0.751. The molecule has 122 valence electrons. The molecular weight excluding hydrogens is 386 g/mol. The molecule has 1 heterocycles.